The molecule has 0 saturated heterocycles. The van der Waals surface area contributed by atoms with E-state index in [2.05, 4.69) is 12.1 Å². The fraction of sp³-hybridized carbons (Fsp3) is 0.562. The molecule has 3 heteroatoms. The molecule has 0 unspecified atom stereocenters. The van der Waals surface area contributed by atoms with Crippen LogP contribution in [0.15, 0.2) is 30.3 Å². The highest BCUT2D eigenvalue weighted by Crippen LogP contribution is 2.30. The first-order valence-corrected chi connectivity index (χ1v) is 6.99. The van der Waals surface area contributed by atoms with Crippen molar-refractivity contribution in [1.82, 2.24) is 4.90 Å². The van der Waals surface area contributed by atoms with E-state index in [1.54, 1.807) is 0 Å². The predicted molar refractivity (Wildman–Crippen MR) is 77.4 cm³/mol. The Kier molecular flexibility index (Phi) is 3.95. The highest BCUT2D eigenvalue weighted by Gasteiger charge is 2.38. The van der Waals surface area contributed by atoms with Crippen LogP contribution in [0.1, 0.15) is 39.2 Å². The molecular weight excluding hydrogens is 236 g/mol. The molecule has 104 valence electrons. The number of carbonyl (C=O) groups is 1. The minimum absolute atomic E-state index is 0.0823. The lowest BCUT2D eigenvalue weighted by Gasteiger charge is -2.32. The summed E-state index contributed by atoms with van der Waals surface area (Å²) in [5.41, 5.74) is 7.10. The molecule has 1 atom stereocenters. The van der Waals surface area contributed by atoms with Crippen LogP contribution in [0, 0.1) is 5.41 Å². The highest BCUT2D eigenvalue weighted by molar-refractivity contribution is 5.83. The summed E-state index contributed by atoms with van der Waals surface area (Å²) in [5.74, 6) is 0.0823. The van der Waals surface area contributed by atoms with Gasteiger partial charge in [0.25, 0.3) is 0 Å². The minimum Gasteiger partial charge on any atom is -0.334 e. The second kappa shape index (κ2) is 5.33. The van der Waals surface area contributed by atoms with Gasteiger partial charge in [-0.15, -0.1) is 0 Å². The van der Waals surface area contributed by atoms with Crippen LogP contribution in [-0.4, -0.2) is 22.9 Å². The second-order valence-electron chi connectivity index (χ2n) is 6.53. The molecule has 1 aliphatic carbocycles. The Morgan fingerprint density at radius 3 is 2.37 bits per heavy atom. The van der Waals surface area contributed by atoms with Gasteiger partial charge >= 0.3 is 0 Å². The van der Waals surface area contributed by atoms with E-state index in [4.69, 9.17) is 5.73 Å². The molecule has 0 aliphatic heterocycles. The third-order valence-corrected chi connectivity index (χ3v) is 3.67. The Morgan fingerprint density at radius 2 is 1.89 bits per heavy atom. The first-order valence-electron chi connectivity index (χ1n) is 6.99. The molecule has 0 heterocycles. The van der Waals surface area contributed by atoms with Crippen LogP contribution in [0.2, 0.25) is 0 Å². The molecule has 3 nitrogen and oxygen atoms in total. The quantitative estimate of drug-likeness (QED) is 0.904. The Hall–Kier alpha value is -1.35. The Morgan fingerprint density at radius 1 is 1.32 bits per heavy atom. The third kappa shape index (κ3) is 3.57. The SMILES string of the molecule is CC(C)(C)[C@H](N)C(=O)N(Cc1ccccc1)C1CC1. The number of rotatable bonds is 4. The van der Waals surface area contributed by atoms with Crippen molar-refractivity contribution in [3.63, 3.8) is 0 Å². The number of nitrogens with two attached hydrogens (primary N) is 1. The van der Waals surface area contributed by atoms with E-state index < -0.39 is 6.04 Å². The molecule has 19 heavy (non-hydrogen) atoms. The maximum absolute atomic E-state index is 12.6. The van der Waals surface area contributed by atoms with Crippen LogP contribution in [-0.2, 0) is 11.3 Å². The fourth-order valence-corrected chi connectivity index (χ4v) is 2.10. The average molecular weight is 260 g/mol. The smallest absolute Gasteiger partial charge is 0.240 e. The van der Waals surface area contributed by atoms with Gasteiger partial charge in [0.05, 0.1) is 6.04 Å². The average Bonchev–Trinajstić information content (AvgIpc) is 3.18. The van der Waals surface area contributed by atoms with Crippen LogP contribution in [0.3, 0.4) is 0 Å². The van der Waals surface area contributed by atoms with Gasteiger partial charge in [0, 0.05) is 12.6 Å². The molecule has 1 saturated carbocycles. The Bertz CT molecular complexity index is 432. The molecule has 2 N–H and O–H groups in total. The summed E-state index contributed by atoms with van der Waals surface area (Å²) in [5, 5.41) is 0. The fourth-order valence-electron chi connectivity index (χ4n) is 2.10. The van der Waals surface area contributed by atoms with Gasteiger partial charge in [-0.25, -0.2) is 0 Å². The van der Waals surface area contributed by atoms with Crippen molar-refractivity contribution >= 4 is 5.91 Å². The van der Waals surface area contributed by atoms with Crippen molar-refractivity contribution in [2.75, 3.05) is 0 Å². The molecule has 2 rings (SSSR count). The van der Waals surface area contributed by atoms with E-state index >= 15 is 0 Å². The van der Waals surface area contributed by atoms with Gasteiger partial charge in [0.2, 0.25) is 5.91 Å². The summed E-state index contributed by atoms with van der Waals surface area (Å²) in [6.07, 6.45) is 2.21. The van der Waals surface area contributed by atoms with E-state index in [1.807, 2.05) is 43.9 Å². The van der Waals surface area contributed by atoms with Gasteiger partial charge in [-0.2, -0.15) is 0 Å². The molecule has 0 spiro atoms. The molecule has 0 radical (unpaired) electrons. The Labute approximate surface area is 115 Å². The van der Waals surface area contributed by atoms with Gasteiger partial charge in [-0.3, -0.25) is 4.79 Å². The first-order chi connectivity index (χ1) is 8.89. The molecule has 1 amide bonds. The van der Waals surface area contributed by atoms with Crippen molar-refractivity contribution in [1.29, 1.82) is 0 Å². The van der Waals surface area contributed by atoms with Gasteiger partial charge in [0.1, 0.15) is 0 Å². The van der Waals surface area contributed by atoms with E-state index in [1.165, 1.54) is 5.56 Å². The van der Waals surface area contributed by atoms with E-state index in [0.29, 0.717) is 12.6 Å². The summed E-state index contributed by atoms with van der Waals surface area (Å²) in [4.78, 5) is 14.5. The minimum atomic E-state index is -0.434. The first kappa shape index (κ1) is 14.1. The highest BCUT2D eigenvalue weighted by atomic mass is 16.2. The van der Waals surface area contributed by atoms with Crippen LogP contribution in [0.5, 0.6) is 0 Å². The van der Waals surface area contributed by atoms with Crippen molar-refractivity contribution < 1.29 is 4.79 Å². The normalized spacial score (nSPS) is 17.1. The van der Waals surface area contributed by atoms with Crippen molar-refractivity contribution in [2.24, 2.45) is 11.1 Å². The third-order valence-electron chi connectivity index (χ3n) is 3.67. The van der Waals surface area contributed by atoms with Crippen molar-refractivity contribution in [2.45, 2.75) is 52.2 Å². The number of hydrogen-bond donors (Lipinski definition) is 1. The summed E-state index contributed by atoms with van der Waals surface area (Å²) < 4.78 is 0. The van der Waals surface area contributed by atoms with Gasteiger partial charge < -0.3 is 10.6 Å². The number of nitrogens with zero attached hydrogens (tertiary/aromatic N) is 1. The maximum Gasteiger partial charge on any atom is 0.240 e. The summed E-state index contributed by atoms with van der Waals surface area (Å²) in [6.45, 7) is 6.73. The second-order valence-corrected chi connectivity index (χ2v) is 6.53. The van der Waals surface area contributed by atoms with Crippen LogP contribution < -0.4 is 5.73 Å². The van der Waals surface area contributed by atoms with Gasteiger partial charge in [-0.05, 0) is 23.8 Å². The van der Waals surface area contributed by atoms with Crippen molar-refractivity contribution in [3.8, 4) is 0 Å². The number of carbonyl (C=O) groups excluding carboxylic acids is 1. The van der Waals surface area contributed by atoms with E-state index in [-0.39, 0.29) is 11.3 Å². The van der Waals surface area contributed by atoms with Gasteiger partial charge in [0.15, 0.2) is 0 Å². The molecular formula is C16H24N2O. The molecule has 1 fully saturated rings. The molecule has 0 aromatic heterocycles. The van der Waals surface area contributed by atoms with Crippen LogP contribution in [0.4, 0.5) is 0 Å². The topological polar surface area (TPSA) is 46.3 Å². The lowest BCUT2D eigenvalue weighted by molar-refractivity contribution is -0.136. The monoisotopic (exact) mass is 260 g/mol. The molecule has 1 aliphatic rings. The zero-order chi connectivity index (χ0) is 14.0. The van der Waals surface area contributed by atoms with E-state index in [0.717, 1.165) is 12.8 Å². The number of amides is 1. The Balaban J connectivity index is 2.10. The summed E-state index contributed by atoms with van der Waals surface area (Å²) >= 11 is 0. The standard InChI is InChI=1S/C16H24N2O/c1-16(2,3)14(17)15(19)18(13-9-10-13)11-12-7-5-4-6-8-12/h4-8,13-14H,9-11,17H2,1-3H3/t14-/m1/s1. The summed E-state index contributed by atoms with van der Waals surface area (Å²) in [6, 6.07) is 10.1. The largest absolute Gasteiger partial charge is 0.334 e. The lowest BCUT2D eigenvalue weighted by atomic mass is 9.86. The maximum atomic E-state index is 12.6. The van der Waals surface area contributed by atoms with Crippen LogP contribution >= 0.6 is 0 Å². The lowest BCUT2D eigenvalue weighted by Crippen LogP contribution is -2.50. The zero-order valence-corrected chi connectivity index (χ0v) is 12.1. The zero-order valence-electron chi connectivity index (χ0n) is 12.1. The molecule has 1 aromatic rings. The number of hydrogen-bond acceptors (Lipinski definition) is 2. The van der Waals surface area contributed by atoms with E-state index in [9.17, 15) is 4.79 Å². The van der Waals surface area contributed by atoms with Gasteiger partial charge in [-0.1, -0.05) is 51.1 Å². The summed E-state index contributed by atoms with van der Waals surface area (Å²) in [7, 11) is 0. The predicted octanol–water partition coefficient (Wildman–Crippen LogP) is 2.55. The molecule has 0 bridgehead atoms. The number of benzene rings is 1. The van der Waals surface area contributed by atoms with Crippen molar-refractivity contribution in [3.05, 3.63) is 35.9 Å². The van der Waals surface area contributed by atoms with Crippen LogP contribution in [0.25, 0.3) is 0 Å². The molecule has 1 aromatic carbocycles.